The number of aryl methyl sites for hydroxylation is 3. The number of nitroso groups, excluding NO2 is 1. The summed E-state index contributed by atoms with van der Waals surface area (Å²) in [4.78, 5) is 41.0. The normalized spacial score (nSPS) is 15.3. The minimum Gasteiger partial charge on any atom is -0.618 e. The summed E-state index contributed by atoms with van der Waals surface area (Å²) in [5.41, 5.74) is 12.4. The van der Waals surface area contributed by atoms with E-state index in [9.17, 15) is 19.7 Å². The van der Waals surface area contributed by atoms with Crippen LogP contribution in [0.1, 0.15) is 151 Å². The van der Waals surface area contributed by atoms with E-state index >= 15 is 0 Å². The second-order valence-electron chi connectivity index (χ2n) is 24.2. The molecule has 10 rings (SSSR count). The molecule has 0 amide bonds. The molecule has 0 spiro atoms. The molecule has 6 heterocycles. The number of carbonyl (C=O) groups is 2. The van der Waals surface area contributed by atoms with Gasteiger partial charge >= 0.3 is 13.0 Å². The Labute approximate surface area is 492 Å². The number of allylic oxidation sites excluding steroid dienone is 4. The van der Waals surface area contributed by atoms with E-state index in [0.29, 0.717) is 28.2 Å². The first-order valence-corrected chi connectivity index (χ1v) is 29.0. The molecule has 2 aliphatic rings. The Kier molecular flexibility index (Phi) is 16.8. The van der Waals surface area contributed by atoms with E-state index in [1.165, 1.54) is 45.4 Å². The van der Waals surface area contributed by atoms with E-state index in [4.69, 9.17) is 15.3 Å². The number of aromatic nitrogens is 6. The predicted molar refractivity (Wildman–Crippen MR) is 325 cm³/mol. The molecule has 410 valence electrons. The molecule has 0 radical (unpaired) electrons. The van der Waals surface area contributed by atoms with Crippen LogP contribution in [0.4, 0.5) is 0 Å². The summed E-state index contributed by atoms with van der Waals surface area (Å²) in [5, 5.41) is 28.7. The number of thiophene rings is 2. The average molecular weight is 1160 g/mol. The van der Waals surface area contributed by atoms with Gasteiger partial charge in [0.25, 0.3) is 5.54 Å². The van der Waals surface area contributed by atoms with Gasteiger partial charge in [0, 0.05) is 89.0 Å². The van der Waals surface area contributed by atoms with Crippen LogP contribution in [0.25, 0.3) is 49.1 Å². The van der Waals surface area contributed by atoms with Crippen molar-refractivity contribution < 1.29 is 38.6 Å². The maximum atomic E-state index is 13.0. The molecule has 16 heteroatoms. The number of carbonyl (C=O) groups excluding carboxylic acids is 2. The van der Waals surface area contributed by atoms with Crippen LogP contribution < -0.4 is 0 Å². The van der Waals surface area contributed by atoms with Crippen molar-refractivity contribution in [1.29, 1.82) is 0 Å². The van der Waals surface area contributed by atoms with Crippen LogP contribution >= 0.6 is 22.7 Å². The maximum absolute atomic E-state index is 13.0. The summed E-state index contributed by atoms with van der Waals surface area (Å²) in [6.07, 6.45) is 3.21. The number of Topliss-reactive ketones (excluding diaryl/α,β-unsaturated/α-hetero) is 1. The van der Waals surface area contributed by atoms with Crippen molar-refractivity contribution in [3.63, 3.8) is 0 Å². The van der Waals surface area contributed by atoms with Crippen LogP contribution in [0, 0.1) is 36.3 Å². The third-order valence-electron chi connectivity index (χ3n) is 16.1. The van der Waals surface area contributed by atoms with Crippen molar-refractivity contribution in [1.82, 2.24) is 29.1 Å². The zero-order chi connectivity index (χ0) is 57.2. The predicted octanol–water partition coefficient (Wildman–Crippen LogP) is 14.8. The van der Waals surface area contributed by atoms with Gasteiger partial charge in [-0.2, -0.15) is 0 Å². The molecule has 3 aromatic carbocycles. The van der Waals surface area contributed by atoms with Gasteiger partial charge in [-0.05, 0) is 138 Å². The molecule has 0 saturated carbocycles. The van der Waals surface area contributed by atoms with Gasteiger partial charge in [0.05, 0.1) is 17.1 Å². The molecule has 5 aromatic heterocycles. The average Bonchev–Trinajstić information content (AvgIpc) is 4.39. The molecule has 0 saturated heterocycles. The van der Waals surface area contributed by atoms with Crippen molar-refractivity contribution in [3.05, 3.63) is 187 Å². The molecule has 8 aromatic rings. The first-order chi connectivity index (χ1) is 37.2. The second-order valence-corrected chi connectivity index (χ2v) is 26.4. The van der Waals surface area contributed by atoms with Gasteiger partial charge in [-0.3, -0.25) is 9.59 Å². The monoisotopic (exact) mass is 1160 g/mol. The van der Waals surface area contributed by atoms with E-state index in [2.05, 4.69) is 167 Å². The summed E-state index contributed by atoms with van der Waals surface area (Å²) in [7, 11) is -1.61. The summed E-state index contributed by atoms with van der Waals surface area (Å²) < 4.78 is 8.07. The standard InChI is InChI=1S/C39H46BN6.C25H27N2O4S2.Zn/c1-25(2)31-10-16-34(17-11-31)37-22-28(7)44(41-37)40(45-29(8)23-38(42-45)35-18-12-32(13-19-35)26(3)4)46-30(9)24-39(43-46)36-20-14-33(15-21-36)27(5)6;1-23(2,3)15-12-14(13-16(28)21(15)29)17-8-9-18(32-17)19-10-11-20(33-19)22-26(30)24(4,5)25(6,7)27(22)31;/h10-27,40H,1-9H3;8-13H,1-7H3;/q-1;+1;. The molecule has 0 fully saturated rings. The van der Waals surface area contributed by atoms with Crippen molar-refractivity contribution in [2.24, 2.45) is 5.41 Å². The fourth-order valence-electron chi connectivity index (χ4n) is 10.1. The number of nitrogens with zero attached hydrogens (tertiary/aromatic N) is 8. The minimum atomic E-state index is -1.61. The molecule has 1 aliphatic heterocycles. The Morgan fingerprint density at radius 3 is 1.23 bits per heavy atom. The van der Waals surface area contributed by atoms with Crippen molar-refractivity contribution in [2.45, 2.75) is 140 Å². The number of hydroxylamine groups is 1. The minimum absolute atomic E-state index is 0. The zero-order valence-electron chi connectivity index (χ0n) is 49.3. The Morgan fingerprint density at radius 2 is 0.887 bits per heavy atom. The topological polar surface area (TPSA) is 134 Å². The van der Waals surface area contributed by atoms with Crippen LogP contribution in [-0.4, -0.2) is 74.2 Å². The first kappa shape index (κ1) is 59.4. The van der Waals surface area contributed by atoms with Gasteiger partial charge in [0.2, 0.25) is 17.1 Å². The Bertz CT molecular complexity index is 3520. The molecule has 0 N–H and O–H groups in total. The van der Waals surface area contributed by atoms with Crippen LogP contribution in [0.2, 0.25) is 0 Å². The largest absolute Gasteiger partial charge is 0.618 e. The number of rotatable bonds is 12. The van der Waals surface area contributed by atoms with Gasteiger partial charge in [0.15, 0.2) is 4.88 Å². The molecular formula is C64H73BN8O4S2Zn. The number of amidine groups is 1. The van der Waals surface area contributed by atoms with E-state index in [0.717, 1.165) is 80.6 Å². The van der Waals surface area contributed by atoms with Gasteiger partial charge in [-0.25, -0.2) is 15.3 Å². The zero-order valence-corrected chi connectivity index (χ0v) is 53.9. The van der Waals surface area contributed by atoms with Gasteiger partial charge in [0.1, 0.15) is 4.76 Å². The maximum Gasteiger partial charge on any atom is 0.514 e. The third-order valence-corrected chi connectivity index (χ3v) is 18.5. The molecule has 80 heavy (non-hydrogen) atoms. The smallest absolute Gasteiger partial charge is 0.514 e. The van der Waals surface area contributed by atoms with Crippen LogP contribution in [0.3, 0.4) is 0 Å². The second kappa shape index (κ2) is 22.7. The van der Waals surface area contributed by atoms with E-state index < -0.39 is 35.2 Å². The molecule has 1 aliphatic carbocycles. The van der Waals surface area contributed by atoms with Crippen molar-refractivity contribution >= 4 is 52.8 Å². The van der Waals surface area contributed by atoms with E-state index in [1.807, 2.05) is 51.1 Å². The van der Waals surface area contributed by atoms with Gasteiger partial charge in [-0.1, -0.05) is 135 Å². The number of ketones is 2. The Balaban J connectivity index is 0.000000219. The van der Waals surface area contributed by atoms with E-state index in [1.54, 1.807) is 27.7 Å². The summed E-state index contributed by atoms with van der Waals surface area (Å²) >= 11 is 2.90. The molecular weight excluding hydrogens is 1090 g/mol. The summed E-state index contributed by atoms with van der Waals surface area (Å²) in [6, 6.07) is 40.5. The van der Waals surface area contributed by atoms with Crippen molar-refractivity contribution in [3.8, 4) is 43.5 Å². The van der Waals surface area contributed by atoms with Gasteiger partial charge in [-0.15, -0.1) is 27.4 Å². The van der Waals surface area contributed by atoms with Crippen molar-refractivity contribution in [2.75, 3.05) is 0 Å². The Hall–Kier alpha value is -6.73. The van der Waals surface area contributed by atoms with Crippen LogP contribution in [-0.2, 0) is 29.1 Å². The number of hydrogen-bond acceptors (Lipinski definition) is 9. The first-order valence-electron chi connectivity index (χ1n) is 27.4. The molecule has 0 unspecified atom stereocenters. The molecule has 12 nitrogen and oxygen atoms in total. The van der Waals surface area contributed by atoms with Crippen LogP contribution in [0.5, 0.6) is 0 Å². The van der Waals surface area contributed by atoms with E-state index in [-0.39, 0.29) is 25.3 Å². The SMILES string of the molecule is CC(C)(C)C1=CC(c2ccc(-c3ccc(C4=[N+]([O-])C(C)(C)C(C)(C)[N+]4=O)s3)s2)=CC(=O)C1=O.Cc1cc(-c2ccc(C(C)C)cc2)nn1[BH-](n1nc(-c2ccc(C(C)C)cc2)cc1C)n1nc(-c2ccc(C(C)C)cc2)cc1C.[Zn]. The van der Waals surface area contributed by atoms with Gasteiger partial charge < -0.3 is 19.0 Å². The van der Waals surface area contributed by atoms with Crippen LogP contribution in [0.15, 0.2) is 133 Å². The number of benzene rings is 3. The summed E-state index contributed by atoms with van der Waals surface area (Å²) in [6.45, 7) is 32.6. The molecule has 0 bridgehead atoms. The quantitative estimate of drug-likeness (QED) is 0.0391. The summed E-state index contributed by atoms with van der Waals surface area (Å²) in [5.74, 6) is 0.641. The third kappa shape index (κ3) is 11.3. The number of hydrogen-bond donors (Lipinski definition) is 0. The Morgan fingerprint density at radius 1 is 0.537 bits per heavy atom. The fraction of sp³-hybridized carbons (Fsp3) is 0.344. The molecule has 0 atom stereocenters. The fourth-order valence-corrected chi connectivity index (χ4v) is 12.2.